The van der Waals surface area contributed by atoms with Crippen molar-refractivity contribution >= 4 is 45.4 Å². The van der Waals surface area contributed by atoms with E-state index in [0.717, 1.165) is 6.20 Å². The molecule has 0 saturated heterocycles. The van der Waals surface area contributed by atoms with Gasteiger partial charge >= 0.3 is 12.2 Å². The fourth-order valence-corrected chi connectivity index (χ4v) is 5.32. The van der Waals surface area contributed by atoms with Crippen molar-refractivity contribution in [2.75, 3.05) is 30.0 Å². The van der Waals surface area contributed by atoms with Gasteiger partial charge in [-0.05, 0) is 75.3 Å². The van der Waals surface area contributed by atoms with E-state index in [2.05, 4.69) is 25.0 Å². The lowest BCUT2D eigenvalue weighted by atomic mass is 10.1. The van der Waals surface area contributed by atoms with Gasteiger partial charge in [0.15, 0.2) is 0 Å². The number of hydrogen-bond acceptors (Lipinski definition) is 7. The summed E-state index contributed by atoms with van der Waals surface area (Å²) >= 11 is 5.88. The summed E-state index contributed by atoms with van der Waals surface area (Å²) in [5, 5.41) is 14.6. The molecule has 0 aliphatic heterocycles. The first kappa shape index (κ1) is 33.6. The zero-order valence-corrected chi connectivity index (χ0v) is 25.7. The van der Waals surface area contributed by atoms with E-state index >= 15 is 0 Å². The van der Waals surface area contributed by atoms with Gasteiger partial charge in [-0.2, -0.15) is 9.35 Å². The van der Waals surface area contributed by atoms with Crippen LogP contribution in [0, 0.1) is 11.6 Å². The number of thiol groups is 1. The molecule has 4 N–H and O–H groups in total. The number of rotatable bonds is 11. The van der Waals surface area contributed by atoms with Crippen molar-refractivity contribution in [1.29, 1.82) is 0 Å². The summed E-state index contributed by atoms with van der Waals surface area (Å²) < 4.78 is 53.5. The van der Waals surface area contributed by atoms with Crippen LogP contribution < -0.4 is 15.4 Å². The molecule has 15 heteroatoms. The maximum Gasteiger partial charge on any atom is 0.437 e. The Kier molecular flexibility index (Phi) is 11.4. The predicted molar refractivity (Wildman–Crippen MR) is 163 cm³/mol. The van der Waals surface area contributed by atoms with E-state index in [-0.39, 0.29) is 40.5 Å². The van der Waals surface area contributed by atoms with Crippen LogP contribution in [0.25, 0.3) is 11.1 Å². The molecule has 3 rings (SSSR count). The largest absolute Gasteiger partial charge is 0.478 e. The number of aromatic nitrogens is 2. The summed E-state index contributed by atoms with van der Waals surface area (Å²) in [4.78, 5) is 31.2. The average molecular weight is 642 g/mol. The molecule has 234 valence electrons. The van der Waals surface area contributed by atoms with Crippen molar-refractivity contribution in [1.82, 2.24) is 9.97 Å². The van der Waals surface area contributed by atoms with Gasteiger partial charge in [0.25, 0.3) is 0 Å². The Balaban J connectivity index is 1.62. The van der Waals surface area contributed by atoms with Crippen LogP contribution in [0.15, 0.2) is 47.0 Å². The second kappa shape index (κ2) is 14.5. The number of carbonyl (C=O) groups is 2. The Morgan fingerprint density at radius 1 is 1.12 bits per heavy atom. The van der Waals surface area contributed by atoms with Gasteiger partial charge in [0.05, 0.1) is 18.5 Å². The average Bonchev–Trinajstić information content (AvgIpc) is 2.86. The molecule has 0 atom stereocenters. The van der Waals surface area contributed by atoms with E-state index < -0.39 is 39.5 Å². The van der Waals surface area contributed by atoms with Crippen LogP contribution in [0.2, 0.25) is 5.15 Å². The fourth-order valence-electron chi connectivity index (χ4n) is 3.85. The van der Waals surface area contributed by atoms with Crippen LogP contribution >= 0.6 is 11.6 Å². The van der Waals surface area contributed by atoms with Gasteiger partial charge in [-0.15, -0.1) is 0 Å². The molecule has 0 aliphatic rings. The first-order chi connectivity index (χ1) is 20.1. The Morgan fingerprint density at radius 3 is 2.56 bits per heavy atom. The Hall–Kier alpha value is -3.88. The zero-order valence-electron chi connectivity index (χ0n) is 24.0. The van der Waals surface area contributed by atoms with Crippen LogP contribution in [0.1, 0.15) is 39.2 Å². The van der Waals surface area contributed by atoms with Crippen LogP contribution in [0.5, 0.6) is 5.88 Å². The van der Waals surface area contributed by atoms with Gasteiger partial charge in [0.1, 0.15) is 28.2 Å². The van der Waals surface area contributed by atoms with Gasteiger partial charge in [-0.25, -0.2) is 23.4 Å². The van der Waals surface area contributed by atoms with Gasteiger partial charge in [0, 0.05) is 23.9 Å². The Bertz CT molecular complexity index is 1530. The summed E-state index contributed by atoms with van der Waals surface area (Å²) in [6.45, 7) is 5.70. The molecule has 0 saturated carbocycles. The minimum Gasteiger partial charge on any atom is -0.478 e. The molecule has 0 unspecified atom stereocenters. The van der Waals surface area contributed by atoms with E-state index in [9.17, 15) is 22.9 Å². The van der Waals surface area contributed by atoms with Crippen molar-refractivity contribution in [3.05, 3.63) is 64.9 Å². The molecular weight excluding hydrogens is 608 g/mol. The summed E-state index contributed by atoms with van der Waals surface area (Å²) in [5.41, 5.74) is 0.529. The maximum atomic E-state index is 14.4. The number of benzene rings is 1. The quantitative estimate of drug-likeness (QED) is 0.0841. The van der Waals surface area contributed by atoms with Gasteiger partial charge in [0.2, 0.25) is 5.88 Å². The van der Waals surface area contributed by atoms with Crippen molar-refractivity contribution in [2.24, 2.45) is 4.36 Å². The van der Waals surface area contributed by atoms with Crippen molar-refractivity contribution in [3.63, 3.8) is 0 Å². The maximum absolute atomic E-state index is 14.4. The number of unbranched alkanes of at least 4 members (excludes halogenated alkanes) is 1. The monoisotopic (exact) mass is 641 g/mol. The molecule has 2 amide bonds. The molecular formula is C28H34ClF2N5O6S. The fraction of sp³-hybridized carbons (Fsp3) is 0.357. The Labute approximate surface area is 253 Å². The number of nitrogens with zero attached hydrogens (tertiary/aromatic N) is 3. The highest BCUT2D eigenvalue weighted by Gasteiger charge is 2.18. The topological polar surface area (TPSA) is 155 Å². The molecule has 0 aliphatic carbocycles. The minimum atomic E-state index is -3.20. The summed E-state index contributed by atoms with van der Waals surface area (Å²) in [6, 6.07) is 8.54. The first-order valence-electron chi connectivity index (χ1n) is 13.1. The molecule has 3 aromatic rings. The third-order valence-corrected chi connectivity index (χ3v) is 7.28. The van der Waals surface area contributed by atoms with Crippen molar-refractivity contribution < 1.29 is 37.5 Å². The third kappa shape index (κ3) is 11.4. The van der Waals surface area contributed by atoms with Crippen LogP contribution in [0.3, 0.4) is 0 Å². The summed E-state index contributed by atoms with van der Waals surface area (Å²) in [7, 11) is -3.20. The molecule has 0 spiro atoms. The molecule has 2 aromatic heterocycles. The van der Waals surface area contributed by atoms with Crippen LogP contribution in [-0.2, 0) is 20.6 Å². The van der Waals surface area contributed by atoms with Gasteiger partial charge < -0.3 is 24.4 Å². The van der Waals surface area contributed by atoms with Gasteiger partial charge in [-0.3, -0.25) is 5.32 Å². The molecule has 0 fully saturated rings. The number of amides is 2. The smallest absolute Gasteiger partial charge is 0.437 e. The van der Waals surface area contributed by atoms with E-state index in [0.29, 0.717) is 30.5 Å². The van der Waals surface area contributed by atoms with E-state index in [4.69, 9.17) is 26.2 Å². The molecule has 11 nitrogen and oxygen atoms in total. The van der Waals surface area contributed by atoms with Crippen LogP contribution in [-0.4, -0.2) is 56.8 Å². The van der Waals surface area contributed by atoms with Crippen molar-refractivity contribution in [3.8, 4) is 17.0 Å². The normalized spacial score (nSPS) is 11.9. The third-order valence-electron chi connectivity index (χ3n) is 5.51. The number of pyridine rings is 2. The Morgan fingerprint density at radius 2 is 1.86 bits per heavy atom. The molecule has 0 bridgehead atoms. The zero-order chi connectivity index (χ0) is 31.8. The number of hydrogen-bond donors (Lipinski definition) is 5. The number of carboxylic acid groups (broad SMARTS) is 1. The number of anilines is 2. The molecule has 2 heterocycles. The van der Waals surface area contributed by atoms with Crippen molar-refractivity contribution in [2.45, 2.75) is 45.0 Å². The highest BCUT2D eigenvalue weighted by Crippen LogP contribution is 2.28. The highest BCUT2D eigenvalue weighted by atomic mass is 35.5. The molecule has 1 aromatic carbocycles. The highest BCUT2D eigenvalue weighted by molar-refractivity contribution is 7.98. The second-order valence-corrected chi connectivity index (χ2v) is 13.7. The first-order valence-corrected chi connectivity index (χ1v) is 15.8. The summed E-state index contributed by atoms with van der Waals surface area (Å²) in [6.07, 6.45) is 1.21. The predicted octanol–water partition coefficient (Wildman–Crippen LogP) is 7.04. The lowest BCUT2D eigenvalue weighted by molar-refractivity contribution is 0.0635. The summed E-state index contributed by atoms with van der Waals surface area (Å²) in [5.74, 6) is -0.960. The van der Waals surface area contributed by atoms with E-state index in [1.807, 2.05) is 0 Å². The number of halogens is 3. The lowest BCUT2D eigenvalue weighted by Gasteiger charge is -2.20. The van der Waals surface area contributed by atoms with E-state index in [1.165, 1.54) is 42.7 Å². The number of carbonyl (C=O) groups excluding carboxylic acids is 1. The number of nitrogens with one attached hydrogen (secondary N) is 2. The minimum absolute atomic E-state index is 0.0843. The second-order valence-electron chi connectivity index (χ2n) is 10.6. The molecule has 43 heavy (non-hydrogen) atoms. The van der Waals surface area contributed by atoms with E-state index in [1.54, 1.807) is 20.8 Å². The standard InChI is InChI=1S/C28H34ClF2N5O6S/c1-28(2,3)42-27(39)35-24-11-17(16-43(4,40)36-26(37)38)12-25(34-24)41-10-6-5-9-32-22-13-18(7-8-20(22)30)19-14-23(29)33-15-21(19)31/h7-8,11-15,32,43H,5-6,9-10,16H2,1-4H3,(H,36,40)(H,37,38)(H,34,35,39). The van der Waals surface area contributed by atoms with Crippen LogP contribution in [0.4, 0.5) is 29.9 Å². The number of ether oxygens (including phenoxy) is 2. The lowest BCUT2D eigenvalue weighted by Crippen LogP contribution is -2.27. The SMILES string of the molecule is CC(C)(C)OC(=O)Nc1cc(C[SH](C)(O)=NC(=O)O)cc(OCCCCNc2cc(-c3cc(Cl)ncc3F)ccc2F)n1. The van der Waals surface area contributed by atoms with Gasteiger partial charge in [-0.1, -0.05) is 27.8 Å². The molecule has 0 radical (unpaired) electrons.